The van der Waals surface area contributed by atoms with Crippen molar-refractivity contribution in [3.05, 3.63) is 156 Å². The number of amides is 1. The van der Waals surface area contributed by atoms with Crippen molar-refractivity contribution >= 4 is 46.1 Å². The van der Waals surface area contributed by atoms with Gasteiger partial charge in [-0.05, 0) is 222 Å². The van der Waals surface area contributed by atoms with E-state index < -0.39 is 56.4 Å². The van der Waals surface area contributed by atoms with Crippen LogP contribution in [0.15, 0.2) is 72.8 Å². The lowest BCUT2D eigenvalue weighted by molar-refractivity contribution is -0.387. The molecule has 0 bridgehead atoms. The Hall–Kier alpha value is -7.58. The van der Waals surface area contributed by atoms with Gasteiger partial charge in [0, 0.05) is 114 Å². The van der Waals surface area contributed by atoms with Gasteiger partial charge in [0.2, 0.25) is 11.7 Å². The van der Waals surface area contributed by atoms with Crippen molar-refractivity contribution in [1.29, 1.82) is 0 Å². The standard InChI is InChI=1S/C29H37F2N3O3.C21H30N4O2.C11H9FN2O2.C10H22N2.C6H11NO.C4H11N.C2H6.2CH4/c1-19(2)18-34(23-9-13-33(3)14-10-23)26-8-6-21(29(28(36)37)11-4-12-29)16-25(26)32-27(35)15-20-5-7-22(30)17-24(20)31;1-16(2)15-24(18-8-12-23(4)13-9-18)19-7-6-17(14-20(19)25(26)27)21(22-3)10-5-11-21;1-13-11(5-2-6-11)8-3-4-9(12)10(7-8)14(15)16;1-9(2)8-11-10-4-6-12(3)7-5-10;1-7-4-2-6(8)3-5-7;1-4(2)3-5;1-2;;/h5-8,16-17,19,23H,4,9-15,18H2,1-3H3,(H,32,35)(H,36,37);6-7,14,16,18H,5,8-13,15H2,1-2,4H3;3-4,7H,2,5-6H2;9-11H,4-8H2,1-3H3;2-5H2,1H3;4H,3,5H2,1-2H3;1-2H3;2*1H4/i;;;;;;1D;;. The van der Waals surface area contributed by atoms with Crippen molar-refractivity contribution < 1.29 is 43.9 Å². The summed E-state index contributed by atoms with van der Waals surface area (Å²) in [6.07, 6.45) is 14.8. The zero-order chi connectivity index (χ0) is 80.1. The highest BCUT2D eigenvalue weighted by atomic mass is 19.1. The van der Waals surface area contributed by atoms with E-state index in [9.17, 15) is 52.9 Å². The number of anilines is 3. The summed E-state index contributed by atoms with van der Waals surface area (Å²) in [6, 6.07) is 19.5. The fourth-order valence-corrected chi connectivity index (χ4v) is 14.2. The van der Waals surface area contributed by atoms with Crippen LogP contribution in [0.25, 0.3) is 9.69 Å². The van der Waals surface area contributed by atoms with Gasteiger partial charge in [0.15, 0.2) is 0 Å². The number of hydrogen-bond donors (Lipinski definition) is 4. The van der Waals surface area contributed by atoms with Gasteiger partial charge in [-0.25, -0.2) is 21.9 Å². The summed E-state index contributed by atoms with van der Waals surface area (Å²) in [5.41, 5.74) is 6.88. The first-order valence-corrected chi connectivity index (χ1v) is 38.8. The molecule has 0 radical (unpaired) electrons. The number of nitro groups is 2. The quantitative estimate of drug-likeness (QED) is 0.0345. The van der Waals surface area contributed by atoms with Gasteiger partial charge in [0.25, 0.3) is 16.8 Å². The number of benzene rings is 4. The molecular formula is C85H134F3N13O8. The molecule has 0 spiro atoms. The normalized spacial score (nSPS) is 18.4. The molecule has 11 rings (SSSR count). The monoisotopic (exact) mass is 1520 g/mol. The van der Waals surface area contributed by atoms with Crippen molar-refractivity contribution in [3.63, 3.8) is 0 Å². The number of ketones is 1. The molecule has 1 amide bonds. The first kappa shape index (κ1) is 93.8. The summed E-state index contributed by atoms with van der Waals surface area (Å²) in [6.45, 7) is 46.3. The molecule has 109 heavy (non-hydrogen) atoms. The predicted octanol–water partition coefficient (Wildman–Crippen LogP) is 17.2. The van der Waals surface area contributed by atoms with Gasteiger partial charge in [-0.1, -0.05) is 103 Å². The van der Waals surface area contributed by atoms with Crippen LogP contribution in [0.1, 0.15) is 217 Å². The molecule has 0 aromatic heterocycles. The molecule has 3 aliphatic carbocycles. The summed E-state index contributed by atoms with van der Waals surface area (Å²) >= 11 is 0. The summed E-state index contributed by atoms with van der Waals surface area (Å²) in [4.78, 5) is 78.5. The van der Waals surface area contributed by atoms with Crippen molar-refractivity contribution in [1.82, 2.24) is 24.9 Å². The molecule has 7 fully saturated rings. The van der Waals surface area contributed by atoms with Gasteiger partial charge >= 0.3 is 11.7 Å². The third kappa shape index (κ3) is 28.3. The number of halogens is 3. The number of carbonyl (C=O) groups is 3. The Morgan fingerprint density at radius 3 is 1.42 bits per heavy atom. The lowest BCUT2D eigenvalue weighted by atomic mass is 9.64. The number of rotatable bonds is 21. The Kier molecular flexibility index (Phi) is 39.8. The molecule has 608 valence electrons. The predicted molar refractivity (Wildman–Crippen MR) is 438 cm³/mol. The Morgan fingerprint density at radius 2 is 1.04 bits per heavy atom. The van der Waals surface area contributed by atoms with Crippen molar-refractivity contribution in [2.24, 2.45) is 29.4 Å². The van der Waals surface area contributed by atoms with Crippen LogP contribution in [0.3, 0.4) is 0 Å². The van der Waals surface area contributed by atoms with Gasteiger partial charge in [0.1, 0.15) is 23.1 Å². The first-order chi connectivity index (χ1) is 51.2. The number of nitrogens with zero attached hydrogens (tertiary/aromatic N) is 10. The summed E-state index contributed by atoms with van der Waals surface area (Å²) in [5.74, 6) is -0.953. The second-order valence-corrected chi connectivity index (χ2v) is 31.8. The number of aliphatic carboxylic acids is 1. The minimum absolute atomic E-state index is 0. The van der Waals surface area contributed by atoms with Crippen LogP contribution in [0.4, 0.5) is 41.6 Å². The van der Waals surface area contributed by atoms with E-state index >= 15 is 0 Å². The third-order valence-electron chi connectivity index (χ3n) is 21.5. The van der Waals surface area contributed by atoms with Crippen LogP contribution >= 0.6 is 0 Å². The minimum Gasteiger partial charge on any atom is -0.481 e. The molecule has 4 heterocycles. The molecule has 24 heteroatoms. The zero-order valence-electron chi connectivity index (χ0n) is 67.4. The fourth-order valence-electron chi connectivity index (χ4n) is 14.2. The number of nitrogens with one attached hydrogen (secondary N) is 2. The maximum atomic E-state index is 14.2. The van der Waals surface area contributed by atoms with E-state index in [-0.39, 0.29) is 43.5 Å². The number of carbonyl (C=O) groups excluding carboxylic acids is 2. The van der Waals surface area contributed by atoms with E-state index in [2.05, 4.69) is 126 Å². The molecule has 4 aliphatic heterocycles. The number of nitrogens with two attached hydrogens (primary N) is 1. The van der Waals surface area contributed by atoms with Gasteiger partial charge in [-0.2, -0.15) is 4.39 Å². The lowest BCUT2D eigenvalue weighted by Crippen LogP contribution is -2.46. The van der Waals surface area contributed by atoms with E-state index in [1.165, 1.54) is 50.7 Å². The van der Waals surface area contributed by atoms with Crippen LogP contribution in [-0.2, 0) is 37.3 Å². The van der Waals surface area contributed by atoms with Crippen molar-refractivity contribution in [3.8, 4) is 0 Å². The smallest absolute Gasteiger partial charge is 0.314 e. The number of hydrogen-bond acceptors (Lipinski definition) is 15. The largest absolute Gasteiger partial charge is 0.481 e. The molecule has 4 aromatic carbocycles. The molecule has 4 aromatic rings. The highest BCUT2D eigenvalue weighted by Crippen LogP contribution is 2.49. The summed E-state index contributed by atoms with van der Waals surface area (Å²) in [7, 11) is 8.50. The fraction of sp³-hybridized carbons (Fsp3) is 0.659. The summed E-state index contributed by atoms with van der Waals surface area (Å²) < 4.78 is 46.9. The Bertz CT molecular complexity index is 3580. The SMILES string of the molecule is C.C.CC(C)CN.CC(C)CN(c1ccc(C2(C(=O)O)CCC2)cc1NC(=O)Cc1ccc(F)cc1F)C1CCN(C)CC1.CC(C)CNC1CCN(C)CC1.CN1CCC(=O)CC1.[2H]CC.[C-]#[N+]C1(c2ccc(F)c([N+](=O)[O-])c2)CCC1.[C-]#[N+]C1(c2ccc(N(CC(C)C)C3CCN(C)CC3)c([N+](=O)[O-])c2)CCC1. The third-order valence-corrected chi connectivity index (χ3v) is 21.5. The minimum atomic E-state index is -0.947. The second-order valence-electron chi connectivity index (χ2n) is 31.8. The average molecular weight is 1520 g/mol. The van der Waals surface area contributed by atoms with Crippen LogP contribution < -0.4 is 26.2 Å². The molecule has 4 saturated heterocycles. The Morgan fingerprint density at radius 1 is 0.615 bits per heavy atom. The zero-order valence-corrected chi connectivity index (χ0v) is 66.4. The molecule has 21 nitrogen and oxygen atoms in total. The van der Waals surface area contributed by atoms with Gasteiger partial charge in [0.05, 0.1) is 33.1 Å². The Balaban J connectivity index is 0.000000374. The number of carboxylic acids is 1. The van der Waals surface area contributed by atoms with Gasteiger partial charge < -0.3 is 60.6 Å². The molecule has 0 atom stereocenters. The van der Waals surface area contributed by atoms with Crippen molar-refractivity contribution in [2.45, 2.75) is 234 Å². The number of likely N-dealkylation sites (tertiary alicyclic amines) is 4. The maximum Gasteiger partial charge on any atom is 0.314 e. The maximum absolute atomic E-state index is 14.2. The lowest BCUT2D eigenvalue weighted by Gasteiger charge is -2.42. The molecule has 5 N–H and O–H groups in total. The van der Waals surface area contributed by atoms with E-state index in [4.69, 9.17) is 20.2 Å². The van der Waals surface area contributed by atoms with Crippen LogP contribution in [-0.4, -0.2) is 177 Å². The second kappa shape index (κ2) is 46.3. The number of Topliss-reactive ketones (excluding diaryl/α,β-unsaturated/α-hetero) is 1. The number of piperidine rings is 4. The first-order valence-electron chi connectivity index (χ1n) is 39.5. The van der Waals surface area contributed by atoms with Gasteiger partial charge in [-0.15, -0.1) is 0 Å². The van der Waals surface area contributed by atoms with E-state index in [0.717, 1.165) is 171 Å². The van der Waals surface area contributed by atoms with Crippen molar-refractivity contribution in [2.75, 3.05) is 122 Å². The summed E-state index contributed by atoms with van der Waals surface area (Å²) in [5, 5.41) is 39.1. The van der Waals surface area contributed by atoms with Crippen LogP contribution in [0.2, 0.25) is 0 Å². The highest BCUT2D eigenvalue weighted by molar-refractivity contribution is 5.96. The van der Waals surface area contributed by atoms with Crippen LogP contribution in [0, 0.1) is 74.5 Å². The number of nitro benzene ring substituents is 2. The van der Waals surface area contributed by atoms with E-state index in [1.54, 1.807) is 19.1 Å². The Labute approximate surface area is 653 Å². The van der Waals surface area contributed by atoms with Gasteiger partial charge in [-0.3, -0.25) is 34.6 Å². The number of carboxylic acid groups (broad SMARTS) is 1. The average Bonchev–Trinajstić information content (AvgIpc) is 0.760. The van der Waals surface area contributed by atoms with E-state index in [1.807, 2.05) is 31.3 Å². The molecule has 7 aliphatic rings. The topological polar surface area (TPSA) is 236 Å². The molecule has 0 unspecified atom stereocenters. The van der Waals surface area contributed by atoms with E-state index in [0.29, 0.717) is 84.7 Å². The molecule has 3 saturated carbocycles. The highest BCUT2D eigenvalue weighted by Gasteiger charge is 2.49. The van der Waals surface area contributed by atoms with Crippen LogP contribution in [0.5, 0.6) is 0 Å². The molecular weight excluding hydrogens is 1390 g/mol.